The molecule has 3 rings (SSSR count). The lowest BCUT2D eigenvalue weighted by Crippen LogP contribution is -2.37. The number of rotatable bonds is 4. The lowest BCUT2D eigenvalue weighted by atomic mass is 9.99. The standard InChI is InChI=1S/C19H19N5O/c1-3-12-24-16-7-5-4-6-15(16)17(14-10-8-13(2)9-11-14)21-18(19(24)25)22-23-20/h4-11,18H,3,12H2,1-2H3. The molecule has 0 fully saturated rings. The van der Waals surface area contributed by atoms with Crippen molar-refractivity contribution in [3.63, 3.8) is 0 Å². The molecule has 6 heteroatoms. The van der Waals surface area contributed by atoms with Gasteiger partial charge in [0.15, 0.2) is 0 Å². The Bertz CT molecular complexity index is 866. The number of fused-ring (bicyclic) bond motifs is 1. The van der Waals surface area contributed by atoms with E-state index in [9.17, 15) is 4.79 Å². The van der Waals surface area contributed by atoms with E-state index in [2.05, 4.69) is 15.0 Å². The van der Waals surface area contributed by atoms with Crippen LogP contribution in [0.5, 0.6) is 0 Å². The van der Waals surface area contributed by atoms with Crippen molar-refractivity contribution in [1.82, 2.24) is 0 Å². The monoisotopic (exact) mass is 333 g/mol. The summed E-state index contributed by atoms with van der Waals surface area (Å²) in [6.07, 6.45) is -0.302. The molecule has 0 N–H and O–H groups in total. The maximum Gasteiger partial charge on any atom is 0.257 e. The van der Waals surface area contributed by atoms with Crippen LogP contribution in [-0.2, 0) is 4.79 Å². The van der Waals surface area contributed by atoms with Crippen molar-refractivity contribution in [3.05, 3.63) is 75.7 Å². The second kappa shape index (κ2) is 7.20. The molecule has 1 aliphatic rings. The van der Waals surface area contributed by atoms with Gasteiger partial charge in [0.05, 0.1) is 11.4 Å². The predicted octanol–water partition coefficient (Wildman–Crippen LogP) is 4.23. The Kier molecular flexibility index (Phi) is 4.82. The van der Waals surface area contributed by atoms with Crippen LogP contribution in [0.2, 0.25) is 0 Å². The highest BCUT2D eigenvalue weighted by atomic mass is 16.2. The summed E-state index contributed by atoms with van der Waals surface area (Å²) in [5.74, 6) is -0.297. The van der Waals surface area contributed by atoms with Crippen molar-refractivity contribution >= 4 is 17.3 Å². The SMILES string of the molecule is CCCN1C(=O)C(N=[N+]=[N-])N=C(c2ccc(C)cc2)c2ccccc21. The highest BCUT2D eigenvalue weighted by Crippen LogP contribution is 2.29. The molecule has 1 unspecified atom stereocenters. The van der Waals surface area contributed by atoms with Crippen molar-refractivity contribution in [2.75, 3.05) is 11.4 Å². The van der Waals surface area contributed by atoms with Crippen LogP contribution in [0, 0.1) is 6.92 Å². The van der Waals surface area contributed by atoms with E-state index in [1.165, 1.54) is 0 Å². The number of para-hydroxylation sites is 1. The summed E-state index contributed by atoms with van der Waals surface area (Å²) >= 11 is 0. The summed E-state index contributed by atoms with van der Waals surface area (Å²) in [4.78, 5) is 21.9. The van der Waals surface area contributed by atoms with E-state index in [-0.39, 0.29) is 5.91 Å². The number of anilines is 1. The number of carbonyl (C=O) groups is 1. The van der Waals surface area contributed by atoms with Crippen LogP contribution >= 0.6 is 0 Å². The van der Waals surface area contributed by atoms with Gasteiger partial charge in [-0.2, -0.15) is 0 Å². The Morgan fingerprint density at radius 3 is 2.60 bits per heavy atom. The number of benzodiazepines with no additional fused rings is 1. The van der Waals surface area contributed by atoms with E-state index < -0.39 is 6.17 Å². The number of carbonyl (C=O) groups excluding carboxylic acids is 1. The first-order valence-electron chi connectivity index (χ1n) is 8.25. The number of nitrogens with zero attached hydrogens (tertiary/aromatic N) is 5. The van der Waals surface area contributed by atoms with Crippen molar-refractivity contribution in [2.45, 2.75) is 26.4 Å². The number of benzene rings is 2. The molecule has 1 aliphatic heterocycles. The molecule has 0 bridgehead atoms. The number of azide groups is 1. The minimum atomic E-state index is -1.10. The minimum Gasteiger partial charge on any atom is -0.310 e. The molecular weight excluding hydrogens is 314 g/mol. The zero-order valence-corrected chi connectivity index (χ0v) is 14.3. The molecule has 2 aromatic rings. The summed E-state index contributed by atoms with van der Waals surface area (Å²) in [5.41, 5.74) is 13.2. The molecule has 0 radical (unpaired) electrons. The second-order valence-electron chi connectivity index (χ2n) is 5.93. The van der Waals surface area contributed by atoms with Crippen LogP contribution in [-0.4, -0.2) is 24.3 Å². The largest absolute Gasteiger partial charge is 0.310 e. The fourth-order valence-corrected chi connectivity index (χ4v) is 2.93. The smallest absolute Gasteiger partial charge is 0.257 e. The van der Waals surface area contributed by atoms with Crippen LogP contribution in [0.15, 0.2) is 58.6 Å². The van der Waals surface area contributed by atoms with Gasteiger partial charge in [0.25, 0.3) is 5.91 Å². The Balaban J connectivity index is 2.24. The summed E-state index contributed by atoms with van der Waals surface area (Å²) < 4.78 is 0. The Hall–Kier alpha value is -3.11. The highest BCUT2D eigenvalue weighted by Gasteiger charge is 2.30. The zero-order chi connectivity index (χ0) is 17.8. The van der Waals surface area contributed by atoms with Crippen LogP contribution in [0.25, 0.3) is 10.4 Å². The van der Waals surface area contributed by atoms with Gasteiger partial charge in [-0.1, -0.05) is 60.1 Å². The number of hydrogen-bond donors (Lipinski definition) is 0. The third-order valence-electron chi connectivity index (χ3n) is 4.12. The third kappa shape index (κ3) is 3.25. The van der Waals surface area contributed by atoms with Crippen molar-refractivity contribution < 1.29 is 4.79 Å². The quantitative estimate of drug-likeness (QED) is 0.468. The van der Waals surface area contributed by atoms with Gasteiger partial charge < -0.3 is 4.90 Å². The van der Waals surface area contributed by atoms with E-state index in [1.807, 2.05) is 62.4 Å². The van der Waals surface area contributed by atoms with Gasteiger partial charge in [-0.25, -0.2) is 0 Å². The lowest BCUT2D eigenvalue weighted by Gasteiger charge is -2.23. The maximum absolute atomic E-state index is 12.9. The van der Waals surface area contributed by atoms with Crippen LogP contribution < -0.4 is 4.90 Å². The average molecular weight is 333 g/mol. The Morgan fingerprint density at radius 2 is 1.92 bits per heavy atom. The molecule has 1 heterocycles. The van der Waals surface area contributed by atoms with Gasteiger partial charge in [-0.15, -0.1) is 0 Å². The number of aryl methyl sites for hydroxylation is 1. The molecule has 2 aromatic carbocycles. The minimum absolute atomic E-state index is 0.297. The molecule has 6 nitrogen and oxygen atoms in total. The van der Waals surface area contributed by atoms with Crippen LogP contribution in [0.4, 0.5) is 5.69 Å². The summed E-state index contributed by atoms with van der Waals surface area (Å²) in [6.45, 7) is 4.57. The third-order valence-corrected chi connectivity index (χ3v) is 4.12. The average Bonchev–Trinajstić information content (AvgIpc) is 2.74. The van der Waals surface area contributed by atoms with E-state index >= 15 is 0 Å². The molecule has 0 aromatic heterocycles. The fourth-order valence-electron chi connectivity index (χ4n) is 2.93. The van der Waals surface area contributed by atoms with Gasteiger partial charge in [-0.05, 0) is 24.9 Å². The van der Waals surface area contributed by atoms with Gasteiger partial charge in [0, 0.05) is 22.6 Å². The predicted molar refractivity (Wildman–Crippen MR) is 98.8 cm³/mol. The number of aliphatic imine (C=N–C) groups is 1. The van der Waals surface area contributed by atoms with Crippen molar-refractivity contribution in [3.8, 4) is 0 Å². The molecule has 0 saturated carbocycles. The second-order valence-corrected chi connectivity index (χ2v) is 5.93. The van der Waals surface area contributed by atoms with Crippen molar-refractivity contribution in [2.24, 2.45) is 10.1 Å². The Labute approximate surface area is 146 Å². The van der Waals surface area contributed by atoms with E-state index in [4.69, 9.17) is 5.53 Å². The first-order chi connectivity index (χ1) is 12.2. The summed E-state index contributed by atoms with van der Waals surface area (Å²) in [6, 6.07) is 15.6. The van der Waals surface area contributed by atoms with Crippen LogP contribution in [0.1, 0.15) is 30.0 Å². The number of amides is 1. The van der Waals surface area contributed by atoms with Crippen molar-refractivity contribution in [1.29, 1.82) is 0 Å². The molecule has 0 aliphatic carbocycles. The normalized spacial score (nSPS) is 16.6. The van der Waals surface area contributed by atoms with Crippen LogP contribution in [0.3, 0.4) is 0 Å². The van der Waals surface area contributed by atoms with E-state index in [1.54, 1.807) is 4.90 Å². The molecule has 0 spiro atoms. The topological polar surface area (TPSA) is 81.4 Å². The molecule has 25 heavy (non-hydrogen) atoms. The molecule has 1 atom stereocenters. The van der Waals surface area contributed by atoms with Gasteiger partial charge in [0.2, 0.25) is 6.17 Å². The summed E-state index contributed by atoms with van der Waals surface area (Å²) in [7, 11) is 0. The first kappa shape index (κ1) is 16.7. The first-order valence-corrected chi connectivity index (χ1v) is 8.25. The van der Waals surface area contributed by atoms with Gasteiger partial charge in [-0.3, -0.25) is 9.79 Å². The number of hydrogen-bond acceptors (Lipinski definition) is 3. The van der Waals surface area contributed by atoms with Gasteiger partial charge >= 0.3 is 0 Å². The molecule has 126 valence electrons. The summed E-state index contributed by atoms with van der Waals surface area (Å²) in [5, 5.41) is 3.64. The Morgan fingerprint density at radius 1 is 1.20 bits per heavy atom. The maximum atomic E-state index is 12.9. The zero-order valence-electron chi connectivity index (χ0n) is 14.3. The van der Waals surface area contributed by atoms with Gasteiger partial charge in [0.1, 0.15) is 0 Å². The molecule has 1 amide bonds. The van der Waals surface area contributed by atoms with E-state index in [0.29, 0.717) is 12.3 Å². The lowest BCUT2D eigenvalue weighted by molar-refractivity contribution is -0.119. The van der Waals surface area contributed by atoms with E-state index in [0.717, 1.165) is 28.8 Å². The fraction of sp³-hybridized carbons (Fsp3) is 0.263. The molecular formula is C19H19N5O. The molecule has 0 saturated heterocycles. The highest BCUT2D eigenvalue weighted by molar-refractivity contribution is 6.20.